The Bertz CT molecular complexity index is 602. The van der Waals surface area contributed by atoms with E-state index in [0.717, 1.165) is 35.7 Å². The largest absolute Gasteiger partial charge is 0.500 e. The lowest BCUT2D eigenvalue weighted by molar-refractivity contribution is -0.137. The SMILES string of the molecule is CCC#CCC(C)[C@H](O)/C=C/[C@@H]1C(SCCCCCC(=O)O)=C(OC)C[C@H]1O. The quantitative estimate of drug-likeness (QED) is 0.256. The van der Waals surface area contributed by atoms with Crippen molar-refractivity contribution in [2.24, 2.45) is 11.8 Å². The Hall–Kier alpha value is -1.42. The number of hydrogen-bond donors (Lipinski definition) is 3. The van der Waals surface area contributed by atoms with Gasteiger partial charge < -0.3 is 20.1 Å². The average molecular weight is 411 g/mol. The van der Waals surface area contributed by atoms with Crippen LogP contribution in [0.3, 0.4) is 0 Å². The Morgan fingerprint density at radius 2 is 2.11 bits per heavy atom. The number of aliphatic hydroxyl groups is 2. The van der Waals surface area contributed by atoms with Crippen molar-refractivity contribution in [1.29, 1.82) is 0 Å². The Kier molecular flexibility index (Phi) is 12.1. The number of aliphatic hydroxyl groups excluding tert-OH is 2. The van der Waals surface area contributed by atoms with Crippen LogP contribution in [0, 0.1) is 23.7 Å². The Balaban J connectivity index is 2.61. The van der Waals surface area contributed by atoms with Crippen LogP contribution in [-0.2, 0) is 9.53 Å². The second-order valence-electron chi connectivity index (χ2n) is 7.11. The predicted molar refractivity (Wildman–Crippen MR) is 114 cm³/mol. The van der Waals surface area contributed by atoms with E-state index in [9.17, 15) is 15.0 Å². The normalized spacial score (nSPS) is 21.5. The molecule has 0 radical (unpaired) electrons. The molecule has 28 heavy (non-hydrogen) atoms. The van der Waals surface area contributed by atoms with Gasteiger partial charge in [-0.1, -0.05) is 32.4 Å². The highest BCUT2D eigenvalue weighted by atomic mass is 32.2. The van der Waals surface area contributed by atoms with Gasteiger partial charge in [-0.3, -0.25) is 4.79 Å². The fourth-order valence-electron chi connectivity index (χ4n) is 2.99. The van der Waals surface area contributed by atoms with E-state index in [1.54, 1.807) is 24.9 Å². The summed E-state index contributed by atoms with van der Waals surface area (Å²) in [4.78, 5) is 11.6. The van der Waals surface area contributed by atoms with Crippen LogP contribution in [0.1, 0.15) is 58.8 Å². The predicted octanol–water partition coefficient (Wildman–Crippen LogP) is 3.96. The van der Waals surface area contributed by atoms with Crippen molar-refractivity contribution < 1.29 is 24.9 Å². The van der Waals surface area contributed by atoms with Gasteiger partial charge in [0.25, 0.3) is 0 Å². The van der Waals surface area contributed by atoms with Gasteiger partial charge in [0.1, 0.15) is 5.76 Å². The molecule has 0 aromatic heterocycles. The third kappa shape index (κ3) is 8.72. The Morgan fingerprint density at radius 1 is 1.36 bits per heavy atom. The molecule has 0 heterocycles. The van der Waals surface area contributed by atoms with Gasteiger partial charge in [-0.15, -0.1) is 23.6 Å². The molecule has 0 bridgehead atoms. The highest BCUT2D eigenvalue weighted by Gasteiger charge is 2.33. The fourth-order valence-corrected chi connectivity index (χ4v) is 4.32. The number of unbranched alkanes of at least 4 members (excludes halogenated alkanes) is 2. The van der Waals surface area contributed by atoms with Crippen LogP contribution in [0.25, 0.3) is 0 Å². The topological polar surface area (TPSA) is 87.0 Å². The van der Waals surface area contributed by atoms with Crippen molar-refractivity contribution in [2.45, 2.75) is 71.0 Å². The number of ether oxygens (including phenoxy) is 1. The number of thioether (sulfide) groups is 1. The standard InChI is InChI=1S/C22H34O5S/c1-4-5-7-10-16(2)18(23)13-12-17-19(24)15-20(27-3)22(17)28-14-9-6-8-11-21(25)26/h12-13,16-19,23-24H,4,6,8-11,14-15H2,1-3H3,(H,25,26)/b13-12+/t16?,17-,18+,19+/m0/s1. The molecule has 0 spiro atoms. The van der Waals surface area contributed by atoms with Gasteiger partial charge in [0.2, 0.25) is 0 Å². The Labute approximate surface area is 173 Å². The summed E-state index contributed by atoms with van der Waals surface area (Å²) in [5, 5.41) is 29.5. The molecule has 158 valence electrons. The lowest BCUT2D eigenvalue weighted by Crippen LogP contribution is -2.17. The summed E-state index contributed by atoms with van der Waals surface area (Å²) in [7, 11) is 1.62. The van der Waals surface area contributed by atoms with Crippen molar-refractivity contribution in [3.05, 3.63) is 22.8 Å². The number of carboxylic acid groups (broad SMARTS) is 1. The van der Waals surface area contributed by atoms with Gasteiger partial charge in [0, 0.05) is 36.5 Å². The van der Waals surface area contributed by atoms with E-state index in [4.69, 9.17) is 9.84 Å². The lowest BCUT2D eigenvalue weighted by atomic mass is 9.98. The molecule has 0 fully saturated rings. The third-order valence-corrected chi connectivity index (χ3v) is 6.05. The van der Waals surface area contributed by atoms with Crippen LogP contribution < -0.4 is 0 Å². The first kappa shape index (κ1) is 24.6. The minimum absolute atomic E-state index is 0.0325. The Morgan fingerprint density at radius 3 is 2.75 bits per heavy atom. The monoisotopic (exact) mass is 410 g/mol. The molecular formula is C22H34O5S. The van der Waals surface area contributed by atoms with Gasteiger partial charge >= 0.3 is 5.97 Å². The maximum atomic E-state index is 10.6. The molecule has 4 atom stereocenters. The number of carboxylic acids is 1. The molecule has 5 nitrogen and oxygen atoms in total. The third-order valence-electron chi connectivity index (χ3n) is 4.75. The maximum Gasteiger partial charge on any atom is 0.303 e. The van der Waals surface area contributed by atoms with E-state index in [1.807, 2.05) is 19.9 Å². The maximum absolute atomic E-state index is 10.6. The number of carbonyl (C=O) groups is 1. The first-order valence-electron chi connectivity index (χ1n) is 10.0. The molecule has 1 aliphatic carbocycles. The summed E-state index contributed by atoms with van der Waals surface area (Å²) in [6.07, 6.45) is 7.10. The summed E-state index contributed by atoms with van der Waals surface area (Å²) < 4.78 is 5.46. The first-order valence-corrected chi connectivity index (χ1v) is 11.0. The molecule has 1 unspecified atom stereocenters. The summed E-state index contributed by atoms with van der Waals surface area (Å²) in [6.45, 7) is 3.97. The second-order valence-corrected chi connectivity index (χ2v) is 8.24. The molecule has 3 N–H and O–H groups in total. The van der Waals surface area contributed by atoms with Crippen LogP contribution in [0.4, 0.5) is 0 Å². The summed E-state index contributed by atoms with van der Waals surface area (Å²) in [5.74, 6) is 6.83. The molecule has 6 heteroatoms. The summed E-state index contributed by atoms with van der Waals surface area (Å²) >= 11 is 1.66. The van der Waals surface area contributed by atoms with E-state index in [0.29, 0.717) is 19.3 Å². The van der Waals surface area contributed by atoms with Gasteiger partial charge in [0.05, 0.1) is 19.3 Å². The van der Waals surface area contributed by atoms with Crippen LogP contribution >= 0.6 is 11.8 Å². The number of aliphatic carboxylic acids is 1. The molecule has 1 rings (SSSR count). The van der Waals surface area contributed by atoms with Crippen molar-refractivity contribution >= 4 is 17.7 Å². The highest BCUT2D eigenvalue weighted by molar-refractivity contribution is 8.03. The number of methoxy groups -OCH3 is 1. The molecule has 1 aliphatic rings. The highest BCUT2D eigenvalue weighted by Crippen LogP contribution is 2.41. The summed E-state index contributed by atoms with van der Waals surface area (Å²) in [5.41, 5.74) is 0. The minimum Gasteiger partial charge on any atom is -0.500 e. The first-order chi connectivity index (χ1) is 13.4. The minimum atomic E-state index is -0.755. The van der Waals surface area contributed by atoms with Crippen molar-refractivity contribution in [3.8, 4) is 11.8 Å². The van der Waals surface area contributed by atoms with E-state index in [2.05, 4.69) is 11.8 Å². The van der Waals surface area contributed by atoms with Crippen molar-refractivity contribution in [1.82, 2.24) is 0 Å². The second kappa shape index (κ2) is 13.7. The average Bonchev–Trinajstić information content (AvgIpc) is 2.97. The zero-order valence-electron chi connectivity index (χ0n) is 17.2. The van der Waals surface area contributed by atoms with Gasteiger partial charge in [0.15, 0.2) is 0 Å². The van der Waals surface area contributed by atoms with E-state index >= 15 is 0 Å². The summed E-state index contributed by atoms with van der Waals surface area (Å²) in [6, 6.07) is 0. The molecule has 0 amide bonds. The molecular weight excluding hydrogens is 376 g/mol. The van der Waals surface area contributed by atoms with Crippen LogP contribution in [0.15, 0.2) is 22.8 Å². The molecule has 0 aliphatic heterocycles. The molecule has 0 aromatic carbocycles. The smallest absolute Gasteiger partial charge is 0.303 e. The van der Waals surface area contributed by atoms with Crippen molar-refractivity contribution in [2.75, 3.05) is 12.9 Å². The molecule has 0 saturated heterocycles. The van der Waals surface area contributed by atoms with Crippen molar-refractivity contribution in [3.63, 3.8) is 0 Å². The lowest BCUT2D eigenvalue weighted by Gasteiger charge is -2.17. The fraction of sp³-hybridized carbons (Fsp3) is 0.682. The van der Waals surface area contributed by atoms with E-state index in [-0.39, 0.29) is 18.3 Å². The van der Waals surface area contributed by atoms with E-state index < -0.39 is 18.2 Å². The van der Waals surface area contributed by atoms with Gasteiger partial charge in [-0.05, 0) is 24.5 Å². The van der Waals surface area contributed by atoms with Gasteiger partial charge in [-0.2, -0.15) is 0 Å². The number of hydrogen-bond acceptors (Lipinski definition) is 5. The van der Waals surface area contributed by atoms with Crippen LogP contribution in [0.5, 0.6) is 0 Å². The molecule has 0 aromatic rings. The zero-order valence-corrected chi connectivity index (χ0v) is 18.0. The molecule has 0 saturated carbocycles. The number of rotatable bonds is 12. The zero-order chi connectivity index (χ0) is 20.9. The van der Waals surface area contributed by atoms with Crippen LogP contribution in [0.2, 0.25) is 0 Å². The van der Waals surface area contributed by atoms with Crippen LogP contribution in [-0.4, -0.2) is 46.4 Å². The van der Waals surface area contributed by atoms with Gasteiger partial charge in [-0.25, -0.2) is 0 Å². The van der Waals surface area contributed by atoms with E-state index in [1.165, 1.54) is 0 Å².